The zero-order valence-corrected chi connectivity index (χ0v) is 22.5. The zero-order valence-electron chi connectivity index (χ0n) is 19.3. The molecule has 0 saturated carbocycles. The van der Waals surface area contributed by atoms with Crippen molar-refractivity contribution < 1.29 is 19.2 Å². The van der Waals surface area contributed by atoms with Gasteiger partial charge in [0.15, 0.2) is 5.78 Å². The van der Waals surface area contributed by atoms with Gasteiger partial charge in [-0.3, -0.25) is 19.2 Å². The van der Waals surface area contributed by atoms with Crippen LogP contribution in [0.15, 0.2) is 46.4 Å². The van der Waals surface area contributed by atoms with Gasteiger partial charge in [-0.2, -0.15) is 5.10 Å². The summed E-state index contributed by atoms with van der Waals surface area (Å²) in [7, 11) is 0. The Balaban J connectivity index is 1.35. The molecule has 36 heavy (non-hydrogen) atoms. The lowest BCUT2D eigenvalue weighted by Gasteiger charge is -2.15. The summed E-state index contributed by atoms with van der Waals surface area (Å²) in [6.45, 7) is 4.07. The first-order chi connectivity index (χ1) is 17.1. The number of thioether (sulfide) groups is 1. The SMILES string of the molecule is CC(=O)NC1CCN(C(=O)c2ccc(C(=O)N/N=C(\C)C3=CSC(c4ccc(Cl)c(Cl)c4)C3=O)s2)C1. The van der Waals surface area contributed by atoms with Gasteiger partial charge in [0.2, 0.25) is 5.91 Å². The molecule has 0 spiro atoms. The van der Waals surface area contributed by atoms with Crippen LogP contribution in [0, 0.1) is 0 Å². The van der Waals surface area contributed by atoms with Crippen molar-refractivity contribution >= 4 is 75.5 Å². The Morgan fingerprint density at radius 2 is 1.83 bits per heavy atom. The summed E-state index contributed by atoms with van der Waals surface area (Å²) in [4.78, 5) is 52.0. The second-order valence-corrected chi connectivity index (χ2v) is 11.2. The number of Topliss-reactive ketones (excluding diaryl/α,β-unsaturated/α-hetero) is 1. The first kappa shape index (κ1) is 26.4. The minimum atomic E-state index is -0.476. The van der Waals surface area contributed by atoms with Crippen LogP contribution in [0.5, 0.6) is 0 Å². The summed E-state index contributed by atoms with van der Waals surface area (Å²) in [5.74, 6) is -0.922. The average molecular weight is 566 g/mol. The van der Waals surface area contributed by atoms with Crippen molar-refractivity contribution in [2.24, 2.45) is 5.10 Å². The van der Waals surface area contributed by atoms with Gasteiger partial charge in [0.1, 0.15) is 0 Å². The number of thiophene rings is 1. The second kappa shape index (κ2) is 11.2. The maximum absolute atomic E-state index is 12.9. The normalized spacial score (nSPS) is 19.9. The van der Waals surface area contributed by atoms with Crippen LogP contribution in [0.25, 0.3) is 0 Å². The summed E-state index contributed by atoms with van der Waals surface area (Å²) < 4.78 is 0. The molecule has 12 heteroatoms. The molecule has 4 rings (SSSR count). The number of rotatable bonds is 6. The van der Waals surface area contributed by atoms with E-state index >= 15 is 0 Å². The lowest BCUT2D eigenvalue weighted by molar-refractivity contribution is -0.119. The minimum absolute atomic E-state index is 0.0615. The Morgan fingerprint density at radius 3 is 2.56 bits per heavy atom. The van der Waals surface area contributed by atoms with Crippen LogP contribution in [0.3, 0.4) is 0 Å². The lowest BCUT2D eigenvalue weighted by atomic mass is 10.0. The van der Waals surface area contributed by atoms with Crippen molar-refractivity contribution in [1.82, 2.24) is 15.6 Å². The number of hydrogen-bond donors (Lipinski definition) is 2. The van der Waals surface area contributed by atoms with Crippen LogP contribution >= 0.6 is 46.3 Å². The van der Waals surface area contributed by atoms with E-state index in [-0.39, 0.29) is 23.6 Å². The number of benzene rings is 1. The molecule has 2 aromatic rings. The minimum Gasteiger partial charge on any atom is -0.352 e. The molecule has 1 aromatic carbocycles. The topological polar surface area (TPSA) is 108 Å². The molecule has 8 nitrogen and oxygen atoms in total. The summed E-state index contributed by atoms with van der Waals surface area (Å²) in [5.41, 5.74) is 3.98. The molecule has 2 N–H and O–H groups in total. The number of nitrogens with zero attached hydrogens (tertiary/aromatic N) is 2. The van der Waals surface area contributed by atoms with Gasteiger partial charge in [-0.05, 0) is 48.6 Å². The molecule has 3 heterocycles. The number of ketones is 1. The number of hydrazone groups is 1. The van der Waals surface area contributed by atoms with E-state index in [1.54, 1.807) is 47.6 Å². The van der Waals surface area contributed by atoms with Crippen molar-refractivity contribution in [2.45, 2.75) is 31.6 Å². The second-order valence-electron chi connectivity index (χ2n) is 8.32. The predicted octanol–water partition coefficient (Wildman–Crippen LogP) is 4.45. The number of carbonyl (C=O) groups is 4. The van der Waals surface area contributed by atoms with Gasteiger partial charge in [0.05, 0.1) is 30.8 Å². The number of halogens is 2. The van der Waals surface area contributed by atoms with Crippen LogP contribution in [-0.2, 0) is 9.59 Å². The van der Waals surface area contributed by atoms with E-state index in [9.17, 15) is 19.2 Å². The van der Waals surface area contributed by atoms with Crippen LogP contribution in [0.2, 0.25) is 10.0 Å². The monoisotopic (exact) mass is 564 g/mol. The fourth-order valence-electron chi connectivity index (χ4n) is 3.90. The van der Waals surface area contributed by atoms with Crippen molar-refractivity contribution in [3.63, 3.8) is 0 Å². The first-order valence-electron chi connectivity index (χ1n) is 11.0. The summed E-state index contributed by atoms with van der Waals surface area (Å²) in [5, 5.41) is 8.97. The van der Waals surface area contributed by atoms with Crippen LogP contribution in [0.1, 0.15) is 50.4 Å². The van der Waals surface area contributed by atoms with E-state index in [1.807, 2.05) is 0 Å². The highest BCUT2D eigenvalue weighted by Crippen LogP contribution is 2.41. The molecular formula is C24H22Cl2N4O4S2. The van der Waals surface area contributed by atoms with Crippen LogP contribution < -0.4 is 10.7 Å². The van der Waals surface area contributed by atoms with Gasteiger partial charge < -0.3 is 10.2 Å². The van der Waals surface area contributed by atoms with Gasteiger partial charge >= 0.3 is 0 Å². The highest BCUT2D eigenvalue weighted by Gasteiger charge is 2.32. The Morgan fingerprint density at radius 1 is 1.08 bits per heavy atom. The maximum Gasteiger partial charge on any atom is 0.281 e. The van der Waals surface area contributed by atoms with Crippen molar-refractivity contribution in [3.8, 4) is 0 Å². The van der Waals surface area contributed by atoms with Crippen molar-refractivity contribution in [2.75, 3.05) is 13.1 Å². The standard InChI is InChI=1S/C24H22Cl2N4O4S2/c1-12(16-11-35-22(21(16)32)14-3-4-17(25)18(26)9-14)28-29-23(33)19-5-6-20(36-19)24(34)30-8-7-15(10-30)27-13(2)31/h3-6,9,11,15,22H,7-8,10H2,1-2H3,(H,27,31)(H,29,33)/b28-12+. The smallest absolute Gasteiger partial charge is 0.281 e. The molecule has 2 atom stereocenters. The van der Waals surface area contributed by atoms with Crippen LogP contribution in [-0.4, -0.2) is 53.2 Å². The number of hydrogen-bond acceptors (Lipinski definition) is 7. The summed E-state index contributed by atoms with van der Waals surface area (Å²) in [6, 6.07) is 8.18. The number of likely N-dealkylation sites (tertiary alicyclic amines) is 1. The molecule has 3 amide bonds. The molecule has 1 fully saturated rings. The molecule has 1 aromatic heterocycles. The molecule has 2 aliphatic rings. The predicted molar refractivity (Wildman–Crippen MR) is 143 cm³/mol. The zero-order chi connectivity index (χ0) is 26.0. The summed E-state index contributed by atoms with van der Waals surface area (Å²) >= 11 is 14.5. The third-order valence-corrected chi connectivity index (χ3v) is 8.65. The van der Waals surface area contributed by atoms with E-state index < -0.39 is 11.2 Å². The van der Waals surface area contributed by atoms with E-state index in [0.29, 0.717) is 50.6 Å². The Labute approximate surface area is 226 Å². The lowest BCUT2D eigenvalue weighted by Crippen LogP contribution is -2.37. The van der Waals surface area contributed by atoms with Gasteiger partial charge in [-0.15, -0.1) is 23.1 Å². The fraction of sp³-hybridized carbons (Fsp3) is 0.292. The number of allylic oxidation sites excluding steroid dienone is 1. The molecule has 1 saturated heterocycles. The van der Waals surface area contributed by atoms with E-state index in [1.165, 1.54) is 18.7 Å². The van der Waals surface area contributed by atoms with Gasteiger partial charge in [0, 0.05) is 31.6 Å². The maximum atomic E-state index is 12.9. The fourth-order valence-corrected chi connectivity index (χ4v) is 6.18. The molecule has 2 aliphatic heterocycles. The highest BCUT2D eigenvalue weighted by atomic mass is 35.5. The average Bonchev–Trinajstić information content (AvgIpc) is 3.58. The highest BCUT2D eigenvalue weighted by molar-refractivity contribution is 8.03. The van der Waals surface area contributed by atoms with Crippen molar-refractivity contribution in [1.29, 1.82) is 0 Å². The molecule has 0 bridgehead atoms. The molecule has 0 aliphatic carbocycles. The molecular weight excluding hydrogens is 543 g/mol. The third kappa shape index (κ3) is 5.83. The Bertz CT molecular complexity index is 1310. The van der Waals surface area contributed by atoms with E-state index in [0.717, 1.165) is 16.9 Å². The number of amides is 3. The van der Waals surface area contributed by atoms with Crippen molar-refractivity contribution in [3.05, 3.63) is 66.7 Å². The van der Waals surface area contributed by atoms with E-state index in [2.05, 4.69) is 15.8 Å². The first-order valence-corrected chi connectivity index (χ1v) is 13.5. The molecule has 2 unspecified atom stereocenters. The molecule has 188 valence electrons. The summed E-state index contributed by atoms with van der Waals surface area (Å²) in [6.07, 6.45) is 0.691. The largest absolute Gasteiger partial charge is 0.352 e. The number of carbonyl (C=O) groups excluding carboxylic acids is 4. The molecule has 0 radical (unpaired) electrons. The quantitative estimate of drug-likeness (QED) is 0.398. The van der Waals surface area contributed by atoms with E-state index in [4.69, 9.17) is 23.2 Å². The Hall–Kier alpha value is -2.66. The van der Waals surface area contributed by atoms with Gasteiger partial charge in [-0.25, -0.2) is 5.43 Å². The third-order valence-electron chi connectivity index (χ3n) is 5.71. The Kier molecular flexibility index (Phi) is 8.19. The van der Waals surface area contributed by atoms with Gasteiger partial charge in [0.25, 0.3) is 11.8 Å². The van der Waals surface area contributed by atoms with Crippen LogP contribution in [0.4, 0.5) is 0 Å². The van der Waals surface area contributed by atoms with Gasteiger partial charge in [-0.1, -0.05) is 29.3 Å². The number of nitrogens with one attached hydrogen (secondary N) is 2.